The summed E-state index contributed by atoms with van der Waals surface area (Å²) in [6.07, 6.45) is 4.56. The molecule has 4 rings (SSSR count). The molecule has 0 radical (unpaired) electrons. The second kappa shape index (κ2) is 8.87. The average molecular weight is 409 g/mol. The summed E-state index contributed by atoms with van der Waals surface area (Å²) in [5, 5.41) is 0. The van der Waals surface area contributed by atoms with Crippen LogP contribution in [0.2, 0.25) is 0 Å². The summed E-state index contributed by atoms with van der Waals surface area (Å²) in [5.41, 5.74) is 10.4. The fourth-order valence-corrected chi connectivity index (χ4v) is 3.43. The standard InChI is InChI=1S/C19H24N6.2ClH/c1-12-4-3-5-15-19(12)24-17(23-15)6-7-25(2)18-10-16(21-11-22-18)13-8-14(20)9-13;;/h3-5,10-11,13-14H,6-9,20H2,1-2H3,(H,23,24);2*1H. The molecule has 8 heteroatoms. The number of nitrogens with zero attached hydrogens (tertiary/aromatic N) is 4. The highest BCUT2D eigenvalue weighted by Gasteiger charge is 2.28. The molecule has 0 bridgehead atoms. The topological polar surface area (TPSA) is 83.7 Å². The van der Waals surface area contributed by atoms with E-state index in [1.165, 1.54) is 5.56 Å². The van der Waals surface area contributed by atoms with Gasteiger partial charge < -0.3 is 15.6 Å². The van der Waals surface area contributed by atoms with Gasteiger partial charge in [-0.3, -0.25) is 0 Å². The van der Waals surface area contributed by atoms with Gasteiger partial charge in [-0.25, -0.2) is 15.0 Å². The van der Waals surface area contributed by atoms with Crippen LogP contribution in [-0.2, 0) is 6.42 Å². The van der Waals surface area contributed by atoms with E-state index in [-0.39, 0.29) is 24.8 Å². The normalized spacial score (nSPS) is 18.3. The highest BCUT2D eigenvalue weighted by molar-refractivity contribution is 5.85. The van der Waals surface area contributed by atoms with Crippen molar-refractivity contribution in [2.75, 3.05) is 18.5 Å². The maximum absolute atomic E-state index is 5.89. The summed E-state index contributed by atoms with van der Waals surface area (Å²) in [6, 6.07) is 8.65. The van der Waals surface area contributed by atoms with E-state index in [1.54, 1.807) is 6.33 Å². The SMILES string of the molecule is Cc1cccc2[nH]c(CCN(C)c3cc(C4CC(N)C4)ncn3)nc12.Cl.Cl. The number of halogens is 2. The van der Waals surface area contributed by atoms with Crippen molar-refractivity contribution in [3.8, 4) is 0 Å². The number of nitrogens with one attached hydrogen (secondary N) is 1. The van der Waals surface area contributed by atoms with Crippen LogP contribution in [0, 0.1) is 6.92 Å². The van der Waals surface area contributed by atoms with Gasteiger partial charge in [0.25, 0.3) is 0 Å². The number of benzene rings is 1. The van der Waals surface area contributed by atoms with E-state index < -0.39 is 0 Å². The molecule has 27 heavy (non-hydrogen) atoms. The summed E-state index contributed by atoms with van der Waals surface area (Å²) in [5.74, 6) is 2.46. The Morgan fingerprint density at radius 3 is 2.70 bits per heavy atom. The van der Waals surface area contributed by atoms with Gasteiger partial charge in [-0.2, -0.15) is 0 Å². The Balaban J connectivity index is 0.00000131. The predicted octanol–water partition coefficient (Wildman–Crippen LogP) is 3.39. The maximum Gasteiger partial charge on any atom is 0.131 e. The molecule has 3 N–H and O–H groups in total. The molecule has 0 unspecified atom stereocenters. The van der Waals surface area contributed by atoms with Gasteiger partial charge in [-0.1, -0.05) is 12.1 Å². The van der Waals surface area contributed by atoms with Crippen molar-refractivity contribution in [1.29, 1.82) is 0 Å². The Morgan fingerprint density at radius 1 is 1.22 bits per heavy atom. The van der Waals surface area contributed by atoms with Crippen LogP contribution in [0.25, 0.3) is 11.0 Å². The third-order valence-corrected chi connectivity index (χ3v) is 5.11. The number of nitrogens with two attached hydrogens (primary N) is 1. The molecule has 2 aromatic heterocycles. The van der Waals surface area contributed by atoms with E-state index in [9.17, 15) is 0 Å². The summed E-state index contributed by atoms with van der Waals surface area (Å²) in [4.78, 5) is 19.1. The van der Waals surface area contributed by atoms with Crippen LogP contribution in [0.1, 0.15) is 35.8 Å². The number of hydrogen-bond acceptors (Lipinski definition) is 5. The van der Waals surface area contributed by atoms with Crippen LogP contribution in [0.5, 0.6) is 0 Å². The zero-order valence-electron chi connectivity index (χ0n) is 15.6. The molecule has 0 aliphatic heterocycles. The average Bonchev–Trinajstić information content (AvgIpc) is 3.01. The maximum atomic E-state index is 5.89. The number of hydrogen-bond donors (Lipinski definition) is 2. The first kappa shape index (κ1) is 21.4. The van der Waals surface area contributed by atoms with Crippen LogP contribution in [0.4, 0.5) is 5.82 Å². The Morgan fingerprint density at radius 2 is 2.00 bits per heavy atom. The van der Waals surface area contributed by atoms with Crippen LogP contribution in [0.3, 0.4) is 0 Å². The van der Waals surface area contributed by atoms with E-state index in [2.05, 4.69) is 58.1 Å². The Labute approximate surface area is 171 Å². The van der Waals surface area contributed by atoms with Crippen molar-refractivity contribution in [3.63, 3.8) is 0 Å². The minimum atomic E-state index is 0. The fourth-order valence-electron chi connectivity index (χ4n) is 3.43. The Bertz CT molecular complexity index is 891. The lowest BCUT2D eigenvalue weighted by Gasteiger charge is -2.32. The van der Waals surface area contributed by atoms with E-state index in [4.69, 9.17) is 10.7 Å². The van der Waals surface area contributed by atoms with Crippen molar-refractivity contribution in [2.45, 2.75) is 38.1 Å². The minimum Gasteiger partial charge on any atom is -0.359 e. The first-order chi connectivity index (χ1) is 12.1. The molecular formula is C19H26Cl2N6. The molecule has 1 fully saturated rings. The van der Waals surface area contributed by atoms with Crippen LogP contribution < -0.4 is 10.6 Å². The number of likely N-dealkylation sites (N-methyl/N-ethyl adjacent to an activating group) is 1. The van der Waals surface area contributed by atoms with Crippen molar-refractivity contribution in [1.82, 2.24) is 19.9 Å². The molecule has 0 amide bonds. The first-order valence-electron chi connectivity index (χ1n) is 8.83. The fraction of sp³-hybridized carbons (Fsp3) is 0.421. The van der Waals surface area contributed by atoms with Crippen molar-refractivity contribution >= 4 is 41.7 Å². The number of imidazole rings is 1. The summed E-state index contributed by atoms with van der Waals surface area (Å²) in [7, 11) is 2.06. The van der Waals surface area contributed by atoms with E-state index in [1.807, 2.05) is 0 Å². The zero-order valence-corrected chi connectivity index (χ0v) is 17.2. The molecule has 1 aliphatic rings. The molecule has 3 aromatic rings. The smallest absolute Gasteiger partial charge is 0.131 e. The number of para-hydroxylation sites is 1. The summed E-state index contributed by atoms with van der Waals surface area (Å²) < 4.78 is 0. The third kappa shape index (κ3) is 4.51. The predicted molar refractivity (Wildman–Crippen MR) is 114 cm³/mol. The van der Waals surface area contributed by atoms with Crippen molar-refractivity contribution in [2.24, 2.45) is 5.73 Å². The van der Waals surface area contributed by atoms with E-state index >= 15 is 0 Å². The molecule has 1 aromatic carbocycles. The molecule has 1 saturated carbocycles. The second-order valence-electron chi connectivity index (χ2n) is 7.06. The highest BCUT2D eigenvalue weighted by atomic mass is 35.5. The van der Waals surface area contributed by atoms with E-state index in [0.717, 1.165) is 54.2 Å². The van der Waals surface area contributed by atoms with Gasteiger partial charge in [0, 0.05) is 43.7 Å². The monoisotopic (exact) mass is 408 g/mol. The van der Waals surface area contributed by atoms with Crippen LogP contribution in [-0.4, -0.2) is 39.6 Å². The molecule has 0 spiro atoms. The number of anilines is 1. The molecular weight excluding hydrogens is 383 g/mol. The van der Waals surface area contributed by atoms with Crippen molar-refractivity contribution in [3.05, 3.63) is 47.7 Å². The number of aromatic amines is 1. The third-order valence-electron chi connectivity index (χ3n) is 5.11. The lowest BCUT2D eigenvalue weighted by atomic mass is 9.78. The number of aromatic nitrogens is 4. The number of aryl methyl sites for hydroxylation is 1. The molecule has 146 valence electrons. The lowest BCUT2D eigenvalue weighted by Crippen LogP contribution is -2.35. The van der Waals surface area contributed by atoms with Gasteiger partial charge in [0.15, 0.2) is 0 Å². The molecule has 1 aliphatic carbocycles. The van der Waals surface area contributed by atoms with Crippen molar-refractivity contribution < 1.29 is 0 Å². The van der Waals surface area contributed by atoms with E-state index in [0.29, 0.717) is 12.0 Å². The van der Waals surface area contributed by atoms with Gasteiger partial charge in [-0.05, 0) is 31.4 Å². The number of rotatable bonds is 5. The van der Waals surface area contributed by atoms with Crippen LogP contribution in [0.15, 0.2) is 30.6 Å². The zero-order chi connectivity index (χ0) is 17.4. The molecule has 6 nitrogen and oxygen atoms in total. The highest BCUT2D eigenvalue weighted by Crippen LogP contribution is 2.35. The Kier molecular flexibility index (Phi) is 7.03. The minimum absolute atomic E-state index is 0. The number of H-pyrrole nitrogens is 1. The Hall–Kier alpha value is -1.89. The lowest BCUT2D eigenvalue weighted by molar-refractivity contribution is 0.345. The van der Waals surface area contributed by atoms with Gasteiger partial charge in [0.05, 0.1) is 11.0 Å². The van der Waals surface area contributed by atoms with Gasteiger partial charge in [0.1, 0.15) is 18.0 Å². The largest absolute Gasteiger partial charge is 0.359 e. The molecule has 0 saturated heterocycles. The molecule has 0 atom stereocenters. The van der Waals surface area contributed by atoms with Gasteiger partial charge in [0.2, 0.25) is 0 Å². The number of fused-ring (bicyclic) bond motifs is 1. The van der Waals surface area contributed by atoms with Gasteiger partial charge in [-0.15, -0.1) is 24.8 Å². The van der Waals surface area contributed by atoms with Crippen LogP contribution >= 0.6 is 24.8 Å². The second-order valence-corrected chi connectivity index (χ2v) is 7.06. The summed E-state index contributed by atoms with van der Waals surface area (Å²) in [6.45, 7) is 2.94. The quantitative estimate of drug-likeness (QED) is 0.675. The first-order valence-corrected chi connectivity index (χ1v) is 8.83. The molecule has 2 heterocycles. The van der Waals surface area contributed by atoms with Gasteiger partial charge >= 0.3 is 0 Å². The summed E-state index contributed by atoms with van der Waals surface area (Å²) >= 11 is 0.